The van der Waals surface area contributed by atoms with E-state index in [2.05, 4.69) is 34.9 Å². The lowest BCUT2D eigenvalue weighted by Crippen LogP contribution is -2.38. The highest BCUT2D eigenvalue weighted by atomic mass is 32.2. The van der Waals surface area contributed by atoms with E-state index in [9.17, 15) is 9.59 Å². The van der Waals surface area contributed by atoms with Crippen molar-refractivity contribution >= 4 is 29.4 Å². The maximum Gasteiger partial charge on any atom is 0.321 e. The minimum Gasteiger partial charge on any atom is -0.356 e. The molecule has 35 heavy (non-hydrogen) atoms. The molecule has 0 atom stereocenters. The first-order valence-corrected chi connectivity index (χ1v) is 13.4. The van der Waals surface area contributed by atoms with Crippen molar-refractivity contribution in [1.82, 2.24) is 10.2 Å². The molecule has 2 N–H and O–H groups in total. The first kappa shape index (κ1) is 26.4. The van der Waals surface area contributed by atoms with E-state index < -0.39 is 0 Å². The van der Waals surface area contributed by atoms with E-state index in [0.29, 0.717) is 19.6 Å². The van der Waals surface area contributed by atoms with Gasteiger partial charge in [-0.3, -0.25) is 4.79 Å². The summed E-state index contributed by atoms with van der Waals surface area (Å²) >= 11 is 1.66. The van der Waals surface area contributed by atoms with Crippen LogP contribution in [0.2, 0.25) is 0 Å². The van der Waals surface area contributed by atoms with Crippen LogP contribution in [0.5, 0.6) is 0 Å². The molecule has 3 amide bonds. The van der Waals surface area contributed by atoms with Crippen LogP contribution in [0, 0.1) is 0 Å². The first-order chi connectivity index (χ1) is 17.1. The molecule has 3 aromatic rings. The standard InChI is InChI=1S/C29H35N3O2S/c1-3-21-32(29(34)31-25-14-16-26(35-2)17-15-25)22-19-28(33)30-20-18-27(23-10-6-4-7-11-23)24-12-8-5-9-13-24/h4-17,27H,3,18-22H2,1-2H3,(H,30,33)(H,31,34). The van der Waals surface area contributed by atoms with Gasteiger partial charge < -0.3 is 15.5 Å². The van der Waals surface area contributed by atoms with E-state index in [1.54, 1.807) is 16.7 Å². The number of hydrogen-bond donors (Lipinski definition) is 2. The summed E-state index contributed by atoms with van der Waals surface area (Å²) in [5.74, 6) is 0.181. The number of nitrogens with one attached hydrogen (secondary N) is 2. The fourth-order valence-electron chi connectivity index (χ4n) is 4.04. The molecule has 0 heterocycles. The molecule has 0 spiro atoms. The van der Waals surface area contributed by atoms with Crippen LogP contribution in [0.4, 0.5) is 10.5 Å². The third kappa shape index (κ3) is 8.48. The van der Waals surface area contributed by atoms with Crippen LogP contribution in [-0.2, 0) is 4.79 Å². The Bertz CT molecular complexity index is 1000. The van der Waals surface area contributed by atoms with Gasteiger partial charge in [0, 0.05) is 42.6 Å². The smallest absolute Gasteiger partial charge is 0.321 e. The average Bonchev–Trinajstić information content (AvgIpc) is 2.90. The molecule has 0 aliphatic rings. The fraction of sp³-hybridized carbons (Fsp3) is 0.310. The van der Waals surface area contributed by atoms with E-state index in [0.717, 1.165) is 23.4 Å². The van der Waals surface area contributed by atoms with E-state index in [4.69, 9.17) is 0 Å². The molecule has 0 fully saturated rings. The molecule has 0 unspecified atom stereocenters. The van der Waals surface area contributed by atoms with Crippen molar-refractivity contribution in [2.24, 2.45) is 0 Å². The molecule has 0 aliphatic carbocycles. The second-order valence-corrected chi connectivity index (χ2v) is 9.29. The van der Waals surface area contributed by atoms with E-state index >= 15 is 0 Å². The molecular weight excluding hydrogens is 454 g/mol. The van der Waals surface area contributed by atoms with Crippen LogP contribution in [0.25, 0.3) is 0 Å². The summed E-state index contributed by atoms with van der Waals surface area (Å²) in [6, 6.07) is 28.4. The van der Waals surface area contributed by atoms with Gasteiger partial charge in [0.2, 0.25) is 5.91 Å². The Morgan fingerprint density at radius 2 is 1.46 bits per heavy atom. The number of thioether (sulfide) groups is 1. The van der Waals surface area contributed by atoms with Crippen LogP contribution in [0.3, 0.4) is 0 Å². The lowest BCUT2D eigenvalue weighted by molar-refractivity contribution is -0.121. The molecule has 0 bridgehead atoms. The molecular formula is C29H35N3O2S. The van der Waals surface area contributed by atoms with Gasteiger partial charge in [-0.2, -0.15) is 0 Å². The van der Waals surface area contributed by atoms with E-state index in [1.165, 1.54) is 11.1 Å². The van der Waals surface area contributed by atoms with E-state index in [1.807, 2.05) is 73.8 Å². The van der Waals surface area contributed by atoms with Gasteiger partial charge in [-0.05, 0) is 54.5 Å². The van der Waals surface area contributed by atoms with Crippen LogP contribution in [0.15, 0.2) is 89.8 Å². The number of rotatable bonds is 12. The molecule has 6 heteroatoms. The first-order valence-electron chi connectivity index (χ1n) is 12.2. The highest BCUT2D eigenvalue weighted by molar-refractivity contribution is 7.98. The number of benzene rings is 3. The summed E-state index contributed by atoms with van der Waals surface area (Å²) in [5, 5.41) is 5.99. The lowest BCUT2D eigenvalue weighted by Gasteiger charge is -2.23. The number of anilines is 1. The van der Waals surface area contributed by atoms with E-state index in [-0.39, 0.29) is 24.3 Å². The molecule has 0 saturated carbocycles. The lowest BCUT2D eigenvalue weighted by atomic mass is 9.88. The molecule has 184 valence electrons. The Kier molecular flexibility index (Phi) is 10.7. The molecule has 0 radical (unpaired) electrons. The minimum absolute atomic E-state index is 0.0388. The van der Waals surface area contributed by atoms with Gasteiger partial charge in [-0.1, -0.05) is 67.6 Å². The fourth-order valence-corrected chi connectivity index (χ4v) is 4.45. The summed E-state index contributed by atoms with van der Waals surface area (Å²) in [6.45, 7) is 3.59. The summed E-state index contributed by atoms with van der Waals surface area (Å²) in [4.78, 5) is 28.2. The Morgan fingerprint density at radius 3 is 2.00 bits per heavy atom. The Balaban J connectivity index is 1.50. The van der Waals surface area contributed by atoms with Gasteiger partial charge in [0.05, 0.1) is 0 Å². The third-order valence-corrected chi connectivity index (χ3v) is 6.63. The van der Waals surface area contributed by atoms with Crippen molar-refractivity contribution in [3.63, 3.8) is 0 Å². The van der Waals surface area contributed by atoms with Crippen molar-refractivity contribution in [1.29, 1.82) is 0 Å². The summed E-state index contributed by atoms with van der Waals surface area (Å²) < 4.78 is 0. The zero-order valence-electron chi connectivity index (χ0n) is 20.6. The maximum atomic E-state index is 12.8. The Labute approximate surface area is 213 Å². The number of carbonyl (C=O) groups excluding carboxylic acids is 2. The van der Waals surface area contributed by atoms with Crippen molar-refractivity contribution < 1.29 is 9.59 Å². The van der Waals surface area contributed by atoms with Crippen molar-refractivity contribution in [3.05, 3.63) is 96.1 Å². The van der Waals surface area contributed by atoms with Gasteiger partial charge in [0.25, 0.3) is 0 Å². The van der Waals surface area contributed by atoms with Crippen LogP contribution in [0.1, 0.15) is 43.2 Å². The Morgan fingerprint density at radius 1 is 0.857 bits per heavy atom. The van der Waals surface area contributed by atoms with Gasteiger partial charge in [-0.15, -0.1) is 11.8 Å². The molecule has 0 aliphatic heterocycles. The third-order valence-electron chi connectivity index (χ3n) is 5.89. The normalized spacial score (nSPS) is 10.7. The monoisotopic (exact) mass is 489 g/mol. The number of hydrogen-bond acceptors (Lipinski definition) is 3. The quantitative estimate of drug-likeness (QED) is 0.290. The van der Waals surface area contributed by atoms with Crippen LogP contribution >= 0.6 is 11.8 Å². The minimum atomic E-state index is -0.176. The topological polar surface area (TPSA) is 61.4 Å². The van der Waals surface area contributed by atoms with Crippen LogP contribution < -0.4 is 10.6 Å². The molecule has 5 nitrogen and oxygen atoms in total. The highest BCUT2D eigenvalue weighted by Crippen LogP contribution is 2.27. The highest BCUT2D eigenvalue weighted by Gasteiger charge is 2.16. The molecule has 3 rings (SSSR count). The van der Waals surface area contributed by atoms with Gasteiger partial charge in [-0.25, -0.2) is 4.79 Å². The van der Waals surface area contributed by atoms with Crippen molar-refractivity contribution in [2.45, 2.75) is 37.0 Å². The number of amides is 3. The second kappa shape index (κ2) is 14.2. The van der Waals surface area contributed by atoms with Crippen molar-refractivity contribution in [3.8, 4) is 0 Å². The maximum absolute atomic E-state index is 12.8. The molecule has 0 aromatic heterocycles. The second-order valence-electron chi connectivity index (χ2n) is 8.41. The number of carbonyl (C=O) groups is 2. The number of urea groups is 1. The zero-order valence-corrected chi connectivity index (χ0v) is 21.4. The van der Waals surface area contributed by atoms with Gasteiger partial charge >= 0.3 is 6.03 Å². The molecule has 0 saturated heterocycles. The average molecular weight is 490 g/mol. The summed E-state index contributed by atoms with van der Waals surface area (Å²) in [6.07, 6.45) is 3.94. The largest absolute Gasteiger partial charge is 0.356 e. The Hall–Kier alpha value is -3.25. The predicted molar refractivity (Wildman–Crippen MR) is 146 cm³/mol. The summed E-state index contributed by atoms with van der Waals surface area (Å²) in [5.41, 5.74) is 3.24. The SMILES string of the molecule is CCCN(CCC(=O)NCCC(c1ccccc1)c1ccccc1)C(=O)Nc1ccc(SC)cc1. The molecule has 3 aromatic carbocycles. The number of nitrogens with zero attached hydrogens (tertiary/aromatic N) is 1. The summed E-state index contributed by atoms with van der Waals surface area (Å²) in [7, 11) is 0. The van der Waals surface area contributed by atoms with Crippen LogP contribution in [-0.4, -0.2) is 42.7 Å². The van der Waals surface area contributed by atoms with Gasteiger partial charge in [0.1, 0.15) is 0 Å². The van der Waals surface area contributed by atoms with Crippen molar-refractivity contribution in [2.75, 3.05) is 31.2 Å². The predicted octanol–water partition coefficient (Wildman–Crippen LogP) is 6.38. The van der Waals surface area contributed by atoms with Gasteiger partial charge in [0.15, 0.2) is 0 Å². The zero-order chi connectivity index (χ0) is 24.9.